The van der Waals surface area contributed by atoms with Gasteiger partial charge in [-0.2, -0.15) is 0 Å². The van der Waals surface area contributed by atoms with E-state index in [1.165, 1.54) is 4.90 Å². The van der Waals surface area contributed by atoms with Gasteiger partial charge in [-0.3, -0.25) is 24.1 Å². The smallest absolute Gasteiger partial charge is 0.262 e. The van der Waals surface area contributed by atoms with E-state index in [-0.39, 0.29) is 30.1 Å². The Balaban J connectivity index is 1.60. The summed E-state index contributed by atoms with van der Waals surface area (Å²) in [6.07, 6.45) is 0. The molecule has 2 aromatic carbocycles. The van der Waals surface area contributed by atoms with Crippen molar-refractivity contribution >= 4 is 35.2 Å². The molecule has 7 nitrogen and oxygen atoms in total. The first-order valence-electron chi connectivity index (χ1n) is 8.76. The number of carbonyl (C=O) groups is 4. The molecule has 0 aliphatic carbocycles. The molecule has 0 aromatic heterocycles. The van der Waals surface area contributed by atoms with E-state index in [0.717, 1.165) is 4.90 Å². The number of halogens is 1. The molecule has 1 atom stereocenters. The van der Waals surface area contributed by atoms with Crippen molar-refractivity contribution in [2.45, 2.75) is 6.04 Å². The largest absolute Gasteiger partial charge is 0.352 e. The summed E-state index contributed by atoms with van der Waals surface area (Å²) in [5, 5.41) is 3.09. The highest BCUT2D eigenvalue weighted by atomic mass is 35.5. The van der Waals surface area contributed by atoms with Crippen LogP contribution >= 0.6 is 11.6 Å². The Kier molecular flexibility index (Phi) is 4.60. The highest BCUT2D eigenvalue weighted by Crippen LogP contribution is 2.30. The summed E-state index contributed by atoms with van der Waals surface area (Å²) in [5.74, 6) is -1.86. The molecule has 142 valence electrons. The maximum atomic E-state index is 13.0. The number of benzene rings is 2. The second-order valence-corrected chi connectivity index (χ2v) is 6.95. The van der Waals surface area contributed by atoms with E-state index in [2.05, 4.69) is 5.32 Å². The molecular formula is C20H16ClN3O4. The van der Waals surface area contributed by atoms with Gasteiger partial charge in [-0.15, -0.1) is 0 Å². The average molecular weight is 398 g/mol. The summed E-state index contributed by atoms with van der Waals surface area (Å²) in [6.45, 7) is 0.109. The van der Waals surface area contributed by atoms with Crippen molar-refractivity contribution < 1.29 is 19.2 Å². The zero-order chi connectivity index (χ0) is 19.8. The number of hydrogen-bond donors (Lipinski definition) is 1. The third-order valence-electron chi connectivity index (χ3n) is 4.90. The zero-order valence-corrected chi connectivity index (χ0v) is 15.5. The molecule has 2 aliphatic heterocycles. The van der Waals surface area contributed by atoms with Crippen LogP contribution in [0.1, 0.15) is 32.3 Å². The van der Waals surface area contributed by atoms with Gasteiger partial charge in [-0.05, 0) is 18.2 Å². The number of carbonyl (C=O) groups excluding carboxylic acids is 4. The van der Waals surface area contributed by atoms with Crippen LogP contribution in [0.25, 0.3) is 0 Å². The van der Waals surface area contributed by atoms with Crippen molar-refractivity contribution in [3.63, 3.8) is 0 Å². The lowest BCUT2D eigenvalue weighted by molar-refractivity contribution is -0.143. The Morgan fingerprint density at radius 2 is 1.61 bits per heavy atom. The number of hydrogen-bond acceptors (Lipinski definition) is 4. The van der Waals surface area contributed by atoms with Gasteiger partial charge in [0.2, 0.25) is 11.8 Å². The van der Waals surface area contributed by atoms with Crippen LogP contribution in [0.5, 0.6) is 0 Å². The highest BCUT2D eigenvalue weighted by Gasteiger charge is 2.40. The molecule has 0 saturated carbocycles. The van der Waals surface area contributed by atoms with Crippen LogP contribution in [0, 0.1) is 0 Å². The predicted octanol–water partition coefficient (Wildman–Crippen LogP) is 1.64. The van der Waals surface area contributed by atoms with Gasteiger partial charge in [0.05, 0.1) is 11.1 Å². The lowest BCUT2D eigenvalue weighted by atomic mass is 10.0. The van der Waals surface area contributed by atoms with Crippen LogP contribution in [0.3, 0.4) is 0 Å². The van der Waals surface area contributed by atoms with Crippen molar-refractivity contribution in [1.82, 2.24) is 15.1 Å². The molecule has 2 aliphatic rings. The van der Waals surface area contributed by atoms with Crippen molar-refractivity contribution in [3.8, 4) is 0 Å². The molecule has 1 unspecified atom stereocenters. The quantitative estimate of drug-likeness (QED) is 0.797. The lowest BCUT2D eigenvalue weighted by Gasteiger charge is -2.36. The molecule has 0 radical (unpaired) electrons. The van der Waals surface area contributed by atoms with Crippen molar-refractivity contribution in [2.75, 3.05) is 19.6 Å². The molecule has 0 bridgehead atoms. The fourth-order valence-corrected chi connectivity index (χ4v) is 3.79. The normalized spacial score (nSPS) is 18.9. The number of nitrogens with zero attached hydrogens (tertiary/aromatic N) is 2. The summed E-state index contributed by atoms with van der Waals surface area (Å²) in [6, 6.07) is 12.3. The number of amides is 4. The van der Waals surface area contributed by atoms with Gasteiger partial charge in [0, 0.05) is 23.7 Å². The van der Waals surface area contributed by atoms with Gasteiger partial charge < -0.3 is 10.2 Å². The number of nitrogens with one attached hydrogen (secondary N) is 1. The maximum Gasteiger partial charge on any atom is 0.262 e. The first-order valence-corrected chi connectivity index (χ1v) is 9.13. The molecule has 1 fully saturated rings. The minimum Gasteiger partial charge on any atom is -0.352 e. The van der Waals surface area contributed by atoms with Crippen LogP contribution in [-0.4, -0.2) is 53.1 Å². The van der Waals surface area contributed by atoms with Gasteiger partial charge in [0.25, 0.3) is 11.8 Å². The molecule has 2 aromatic rings. The Hall–Kier alpha value is -3.19. The van der Waals surface area contributed by atoms with Crippen LogP contribution in [0.15, 0.2) is 48.5 Å². The van der Waals surface area contributed by atoms with Gasteiger partial charge in [-0.25, -0.2) is 0 Å². The third kappa shape index (κ3) is 2.93. The Morgan fingerprint density at radius 3 is 2.25 bits per heavy atom. The predicted molar refractivity (Wildman–Crippen MR) is 101 cm³/mol. The second kappa shape index (κ2) is 7.09. The fraction of sp³-hybridized carbons (Fsp3) is 0.200. The minimum atomic E-state index is -0.912. The van der Waals surface area contributed by atoms with E-state index in [1.807, 2.05) is 0 Å². The number of rotatable bonds is 3. The Bertz CT molecular complexity index is 971. The number of piperazine rings is 1. The topological polar surface area (TPSA) is 86.8 Å². The molecular weight excluding hydrogens is 382 g/mol. The summed E-state index contributed by atoms with van der Waals surface area (Å²) in [4.78, 5) is 52.8. The molecule has 1 saturated heterocycles. The van der Waals surface area contributed by atoms with Gasteiger partial charge >= 0.3 is 0 Å². The van der Waals surface area contributed by atoms with Gasteiger partial charge in [-0.1, -0.05) is 41.9 Å². The lowest BCUT2D eigenvalue weighted by Crippen LogP contribution is -2.54. The molecule has 8 heteroatoms. The second-order valence-electron chi connectivity index (χ2n) is 6.54. The van der Waals surface area contributed by atoms with E-state index in [9.17, 15) is 19.2 Å². The van der Waals surface area contributed by atoms with Crippen molar-refractivity contribution in [1.29, 1.82) is 0 Å². The molecule has 28 heavy (non-hydrogen) atoms. The van der Waals surface area contributed by atoms with Gasteiger partial charge in [0.15, 0.2) is 0 Å². The Labute approximate surface area is 165 Å². The van der Waals surface area contributed by atoms with Crippen LogP contribution in [-0.2, 0) is 9.59 Å². The summed E-state index contributed by atoms with van der Waals surface area (Å²) in [5.41, 5.74) is 1.05. The molecule has 0 spiro atoms. The SMILES string of the molecule is O=C1NCCN(C(=O)CN2C(=O)c3ccccc3C2=O)C1c1ccccc1Cl. The van der Waals surface area contributed by atoms with Crippen molar-refractivity contribution in [2.24, 2.45) is 0 Å². The third-order valence-corrected chi connectivity index (χ3v) is 5.25. The fourth-order valence-electron chi connectivity index (χ4n) is 3.55. The number of imide groups is 1. The number of fused-ring (bicyclic) bond motifs is 1. The molecule has 4 amide bonds. The van der Waals surface area contributed by atoms with Crippen LogP contribution in [0.4, 0.5) is 0 Å². The summed E-state index contributed by atoms with van der Waals surface area (Å²) >= 11 is 6.23. The summed E-state index contributed by atoms with van der Waals surface area (Å²) < 4.78 is 0. The standard InChI is InChI=1S/C20H16ClN3O4/c21-15-8-4-3-7-14(15)17-18(26)22-9-10-23(17)16(25)11-24-19(27)12-5-1-2-6-13(12)20(24)28/h1-8,17H,9-11H2,(H,22,26). The van der Waals surface area contributed by atoms with Crippen LogP contribution in [0.2, 0.25) is 5.02 Å². The van der Waals surface area contributed by atoms with Gasteiger partial charge in [0.1, 0.15) is 12.6 Å². The van der Waals surface area contributed by atoms with E-state index >= 15 is 0 Å². The molecule has 4 rings (SSSR count). The van der Waals surface area contributed by atoms with Crippen molar-refractivity contribution in [3.05, 3.63) is 70.2 Å². The monoisotopic (exact) mass is 397 g/mol. The zero-order valence-electron chi connectivity index (χ0n) is 14.7. The minimum absolute atomic E-state index is 0.254. The summed E-state index contributed by atoms with van der Waals surface area (Å²) in [7, 11) is 0. The first kappa shape index (κ1) is 18.2. The van der Waals surface area contributed by atoms with E-state index in [0.29, 0.717) is 10.6 Å². The highest BCUT2D eigenvalue weighted by molar-refractivity contribution is 6.31. The molecule has 1 N–H and O–H groups in total. The average Bonchev–Trinajstić information content (AvgIpc) is 2.94. The Morgan fingerprint density at radius 1 is 1.00 bits per heavy atom. The van der Waals surface area contributed by atoms with E-state index in [4.69, 9.17) is 11.6 Å². The van der Waals surface area contributed by atoms with E-state index in [1.54, 1.807) is 48.5 Å². The first-order chi connectivity index (χ1) is 13.5. The van der Waals surface area contributed by atoms with E-state index < -0.39 is 30.3 Å². The molecule has 2 heterocycles. The van der Waals surface area contributed by atoms with Crippen LogP contribution < -0.4 is 5.32 Å². The maximum absolute atomic E-state index is 13.0.